The Balaban J connectivity index is 0.00000132. The van der Waals surface area contributed by atoms with Crippen molar-refractivity contribution in [1.29, 1.82) is 0 Å². The van der Waals surface area contributed by atoms with Gasteiger partial charge in [0, 0.05) is 18.0 Å². The number of hydrogen-bond donors (Lipinski definition) is 0. The number of benzene rings is 2. The highest BCUT2D eigenvalue weighted by atomic mass is 79.9. The van der Waals surface area contributed by atoms with Crippen LogP contribution in [0.1, 0.15) is 42.5 Å². The SMILES string of the molecule is Br.C[C@]1(c2ccccc2)CN2CCC[C@H]2c2ccccc21. The van der Waals surface area contributed by atoms with Crippen LogP contribution in [0.25, 0.3) is 0 Å². The van der Waals surface area contributed by atoms with Gasteiger partial charge in [-0.1, -0.05) is 61.5 Å². The molecule has 0 aromatic heterocycles. The van der Waals surface area contributed by atoms with Crippen LogP contribution < -0.4 is 0 Å². The molecule has 0 amide bonds. The van der Waals surface area contributed by atoms with Crippen molar-refractivity contribution in [2.24, 2.45) is 0 Å². The van der Waals surface area contributed by atoms with Gasteiger partial charge in [-0.05, 0) is 36.1 Å². The molecular weight excluding hydrogens is 322 g/mol. The van der Waals surface area contributed by atoms with Gasteiger partial charge in [0.05, 0.1) is 0 Å². The highest BCUT2D eigenvalue weighted by molar-refractivity contribution is 8.93. The summed E-state index contributed by atoms with van der Waals surface area (Å²) in [5.74, 6) is 0. The third-order valence-electron chi connectivity index (χ3n) is 5.21. The van der Waals surface area contributed by atoms with Crippen molar-refractivity contribution < 1.29 is 0 Å². The maximum atomic E-state index is 2.69. The predicted octanol–water partition coefficient (Wildman–Crippen LogP) is 4.72. The van der Waals surface area contributed by atoms with Crippen LogP contribution in [0, 0.1) is 0 Å². The molecule has 0 spiro atoms. The Bertz CT molecular complexity index is 624. The molecule has 2 heteroatoms. The van der Waals surface area contributed by atoms with Crippen molar-refractivity contribution in [2.45, 2.75) is 31.2 Å². The maximum Gasteiger partial charge on any atom is 0.0352 e. The lowest BCUT2D eigenvalue weighted by atomic mass is 9.70. The summed E-state index contributed by atoms with van der Waals surface area (Å²) in [4.78, 5) is 2.69. The number of halogens is 1. The van der Waals surface area contributed by atoms with Crippen LogP contribution in [-0.2, 0) is 5.41 Å². The van der Waals surface area contributed by atoms with Gasteiger partial charge in [0.1, 0.15) is 0 Å². The van der Waals surface area contributed by atoms with E-state index in [1.54, 1.807) is 5.56 Å². The summed E-state index contributed by atoms with van der Waals surface area (Å²) in [5, 5.41) is 0. The van der Waals surface area contributed by atoms with Crippen LogP contribution >= 0.6 is 17.0 Å². The molecule has 2 aliphatic heterocycles. The van der Waals surface area contributed by atoms with E-state index in [1.807, 2.05) is 0 Å². The van der Waals surface area contributed by atoms with Gasteiger partial charge in [0.25, 0.3) is 0 Å². The second kappa shape index (κ2) is 5.58. The van der Waals surface area contributed by atoms with Gasteiger partial charge in [0.2, 0.25) is 0 Å². The monoisotopic (exact) mass is 343 g/mol. The van der Waals surface area contributed by atoms with Crippen LogP contribution in [0.3, 0.4) is 0 Å². The molecule has 1 nitrogen and oxygen atoms in total. The van der Waals surface area contributed by atoms with Crippen molar-refractivity contribution >= 4 is 17.0 Å². The zero-order chi connectivity index (χ0) is 13.6. The molecular formula is C19H22BrN. The second-order valence-corrected chi connectivity index (χ2v) is 6.41. The molecule has 0 unspecified atom stereocenters. The zero-order valence-electron chi connectivity index (χ0n) is 12.5. The van der Waals surface area contributed by atoms with Gasteiger partial charge >= 0.3 is 0 Å². The minimum atomic E-state index is 0. The Kier molecular flexibility index (Phi) is 3.94. The van der Waals surface area contributed by atoms with Crippen molar-refractivity contribution in [2.75, 3.05) is 13.1 Å². The molecule has 0 N–H and O–H groups in total. The minimum Gasteiger partial charge on any atom is -0.295 e. The molecule has 2 aromatic rings. The lowest BCUT2D eigenvalue weighted by molar-refractivity contribution is 0.194. The predicted molar refractivity (Wildman–Crippen MR) is 93.2 cm³/mol. The van der Waals surface area contributed by atoms with Crippen LogP contribution in [0.15, 0.2) is 54.6 Å². The molecule has 1 fully saturated rings. The Morgan fingerprint density at radius 3 is 2.52 bits per heavy atom. The number of fused-ring (bicyclic) bond motifs is 3. The molecule has 0 aliphatic carbocycles. The quantitative estimate of drug-likeness (QED) is 0.723. The van der Waals surface area contributed by atoms with Gasteiger partial charge in [-0.15, -0.1) is 17.0 Å². The van der Waals surface area contributed by atoms with Crippen molar-refractivity contribution in [3.05, 3.63) is 71.3 Å². The molecule has 2 aromatic carbocycles. The Morgan fingerprint density at radius 1 is 1.00 bits per heavy atom. The first kappa shape index (κ1) is 14.8. The van der Waals surface area contributed by atoms with Crippen LogP contribution in [0.4, 0.5) is 0 Å². The lowest BCUT2D eigenvalue weighted by Gasteiger charge is -2.44. The molecule has 0 radical (unpaired) electrons. The van der Waals surface area contributed by atoms with E-state index < -0.39 is 0 Å². The van der Waals surface area contributed by atoms with Crippen LogP contribution in [0.2, 0.25) is 0 Å². The molecule has 1 saturated heterocycles. The lowest BCUT2D eigenvalue weighted by Crippen LogP contribution is -2.44. The van der Waals surface area contributed by atoms with E-state index in [2.05, 4.69) is 66.4 Å². The van der Waals surface area contributed by atoms with E-state index in [0.717, 1.165) is 6.54 Å². The largest absolute Gasteiger partial charge is 0.295 e. The normalized spacial score (nSPS) is 27.6. The fourth-order valence-electron chi connectivity index (χ4n) is 4.20. The first-order valence-electron chi connectivity index (χ1n) is 7.68. The third-order valence-corrected chi connectivity index (χ3v) is 5.21. The van der Waals surface area contributed by atoms with Gasteiger partial charge in [-0.3, -0.25) is 4.90 Å². The average molecular weight is 344 g/mol. The van der Waals surface area contributed by atoms with Crippen molar-refractivity contribution in [3.63, 3.8) is 0 Å². The van der Waals surface area contributed by atoms with E-state index in [0.29, 0.717) is 6.04 Å². The Hall–Kier alpha value is -1.12. The van der Waals surface area contributed by atoms with E-state index in [9.17, 15) is 0 Å². The summed E-state index contributed by atoms with van der Waals surface area (Å²) in [6.45, 7) is 4.82. The first-order valence-corrected chi connectivity index (χ1v) is 7.68. The number of rotatable bonds is 1. The zero-order valence-corrected chi connectivity index (χ0v) is 14.2. The summed E-state index contributed by atoms with van der Waals surface area (Å²) in [7, 11) is 0. The molecule has 2 heterocycles. The standard InChI is InChI=1S/C19H21N.BrH/c1-19(15-8-3-2-4-9-15)14-20-13-7-12-18(20)16-10-5-6-11-17(16)19;/h2-6,8-11,18H,7,12-14H2,1H3;1H/t18-,19+;/m0./s1. The molecule has 2 atom stereocenters. The molecule has 0 bridgehead atoms. The summed E-state index contributed by atoms with van der Waals surface area (Å²) in [6.07, 6.45) is 2.66. The minimum absolute atomic E-state index is 0. The molecule has 21 heavy (non-hydrogen) atoms. The third kappa shape index (κ3) is 2.25. The summed E-state index contributed by atoms with van der Waals surface area (Å²) >= 11 is 0. The molecule has 2 aliphatic rings. The summed E-state index contributed by atoms with van der Waals surface area (Å²) in [5.41, 5.74) is 4.66. The van der Waals surface area contributed by atoms with Gasteiger partial charge in [-0.2, -0.15) is 0 Å². The first-order chi connectivity index (χ1) is 9.79. The smallest absolute Gasteiger partial charge is 0.0352 e. The number of hydrogen-bond acceptors (Lipinski definition) is 1. The van der Waals surface area contributed by atoms with E-state index in [1.165, 1.54) is 30.5 Å². The van der Waals surface area contributed by atoms with Crippen LogP contribution in [0.5, 0.6) is 0 Å². The van der Waals surface area contributed by atoms with Crippen LogP contribution in [-0.4, -0.2) is 18.0 Å². The Morgan fingerprint density at radius 2 is 1.71 bits per heavy atom. The fourth-order valence-corrected chi connectivity index (χ4v) is 4.20. The second-order valence-electron chi connectivity index (χ2n) is 6.41. The topological polar surface area (TPSA) is 3.24 Å². The summed E-state index contributed by atoms with van der Waals surface area (Å²) in [6, 6.07) is 20.8. The van der Waals surface area contributed by atoms with Gasteiger partial charge < -0.3 is 0 Å². The number of nitrogens with zero attached hydrogens (tertiary/aromatic N) is 1. The maximum absolute atomic E-state index is 2.69. The van der Waals surface area contributed by atoms with E-state index in [-0.39, 0.29) is 22.4 Å². The highest BCUT2D eigenvalue weighted by Crippen LogP contribution is 2.47. The fraction of sp³-hybridized carbons (Fsp3) is 0.368. The average Bonchev–Trinajstić information content (AvgIpc) is 2.97. The van der Waals surface area contributed by atoms with Crippen molar-refractivity contribution in [1.82, 2.24) is 4.90 Å². The Labute approximate surface area is 137 Å². The molecule has 0 saturated carbocycles. The van der Waals surface area contributed by atoms with E-state index >= 15 is 0 Å². The van der Waals surface area contributed by atoms with E-state index in [4.69, 9.17) is 0 Å². The van der Waals surface area contributed by atoms with Gasteiger partial charge in [-0.25, -0.2) is 0 Å². The van der Waals surface area contributed by atoms with Crippen molar-refractivity contribution in [3.8, 4) is 0 Å². The highest BCUT2D eigenvalue weighted by Gasteiger charge is 2.42. The summed E-state index contributed by atoms with van der Waals surface area (Å²) < 4.78 is 0. The molecule has 110 valence electrons. The van der Waals surface area contributed by atoms with Gasteiger partial charge in [0.15, 0.2) is 0 Å². The molecule has 4 rings (SSSR count).